The van der Waals surface area contributed by atoms with Crippen LogP contribution in [0.4, 0.5) is 0 Å². The molecular formula is C19H18BrN3O2S. The highest BCUT2D eigenvalue weighted by Gasteiger charge is 2.09. The third kappa shape index (κ3) is 5.37. The Balaban J connectivity index is 1.43. The van der Waals surface area contributed by atoms with E-state index in [0.717, 1.165) is 21.1 Å². The zero-order chi connectivity index (χ0) is 18.2. The van der Waals surface area contributed by atoms with Crippen molar-refractivity contribution in [1.29, 1.82) is 0 Å². The fourth-order valence-corrected chi connectivity index (χ4v) is 3.32. The number of thioether (sulfide) groups is 1. The largest absolute Gasteiger partial charge is 0.492 e. The molecule has 7 heteroatoms. The predicted molar refractivity (Wildman–Crippen MR) is 107 cm³/mol. The number of para-hydroxylation sites is 1. The monoisotopic (exact) mass is 431 g/mol. The molecule has 0 aliphatic carbocycles. The SMILES string of the molecule is O=C(CSc1nccn1-c1ccc(Br)cc1)NCCOc1ccccc1. The van der Waals surface area contributed by atoms with Crippen LogP contribution >= 0.6 is 27.7 Å². The van der Waals surface area contributed by atoms with E-state index in [1.54, 1.807) is 6.20 Å². The van der Waals surface area contributed by atoms with Crippen LogP contribution in [0.2, 0.25) is 0 Å². The minimum atomic E-state index is -0.0444. The number of hydrogen-bond donors (Lipinski definition) is 1. The summed E-state index contributed by atoms with van der Waals surface area (Å²) in [6.45, 7) is 0.906. The first-order valence-corrected chi connectivity index (χ1v) is 9.87. The number of nitrogens with one attached hydrogen (secondary N) is 1. The molecule has 1 amide bonds. The van der Waals surface area contributed by atoms with Gasteiger partial charge in [0, 0.05) is 22.6 Å². The van der Waals surface area contributed by atoms with Gasteiger partial charge >= 0.3 is 0 Å². The number of amides is 1. The van der Waals surface area contributed by atoms with Crippen molar-refractivity contribution in [3.05, 3.63) is 71.5 Å². The van der Waals surface area contributed by atoms with E-state index < -0.39 is 0 Å². The molecular weight excluding hydrogens is 414 g/mol. The van der Waals surface area contributed by atoms with Crippen molar-refractivity contribution in [2.45, 2.75) is 5.16 Å². The van der Waals surface area contributed by atoms with Crippen LogP contribution in [0.15, 0.2) is 76.6 Å². The molecule has 134 valence electrons. The Morgan fingerprint density at radius 3 is 2.69 bits per heavy atom. The van der Waals surface area contributed by atoms with Gasteiger partial charge in [0.2, 0.25) is 5.91 Å². The second-order valence-electron chi connectivity index (χ2n) is 5.36. The van der Waals surface area contributed by atoms with E-state index in [0.29, 0.717) is 18.9 Å². The zero-order valence-electron chi connectivity index (χ0n) is 14.0. The molecule has 0 fully saturated rings. The lowest BCUT2D eigenvalue weighted by molar-refractivity contribution is -0.118. The van der Waals surface area contributed by atoms with Crippen LogP contribution in [0.25, 0.3) is 5.69 Å². The molecule has 2 aromatic carbocycles. The van der Waals surface area contributed by atoms with Gasteiger partial charge in [0.15, 0.2) is 5.16 Å². The number of hydrogen-bond acceptors (Lipinski definition) is 4. The van der Waals surface area contributed by atoms with E-state index in [1.165, 1.54) is 11.8 Å². The minimum Gasteiger partial charge on any atom is -0.492 e. The first-order valence-electron chi connectivity index (χ1n) is 8.09. The van der Waals surface area contributed by atoms with Crippen molar-refractivity contribution < 1.29 is 9.53 Å². The number of imidazole rings is 1. The lowest BCUT2D eigenvalue weighted by atomic mass is 10.3. The molecule has 1 heterocycles. The number of carbonyl (C=O) groups is 1. The van der Waals surface area contributed by atoms with Gasteiger partial charge in [-0.2, -0.15) is 0 Å². The molecule has 0 radical (unpaired) electrons. The molecule has 0 bridgehead atoms. The van der Waals surface area contributed by atoms with Crippen LogP contribution < -0.4 is 10.1 Å². The fraction of sp³-hybridized carbons (Fsp3) is 0.158. The van der Waals surface area contributed by atoms with E-state index in [4.69, 9.17) is 4.74 Å². The maximum atomic E-state index is 12.0. The standard InChI is InChI=1S/C19H18BrN3O2S/c20-15-6-8-16(9-7-15)23-12-10-22-19(23)26-14-18(24)21-11-13-25-17-4-2-1-3-5-17/h1-10,12H,11,13-14H2,(H,21,24). The van der Waals surface area contributed by atoms with Crippen LogP contribution in [0, 0.1) is 0 Å². The van der Waals surface area contributed by atoms with E-state index in [9.17, 15) is 4.79 Å². The summed E-state index contributed by atoms with van der Waals surface area (Å²) in [6.07, 6.45) is 3.62. The lowest BCUT2D eigenvalue weighted by Crippen LogP contribution is -2.29. The molecule has 5 nitrogen and oxygen atoms in total. The second kappa shape index (κ2) is 9.45. The minimum absolute atomic E-state index is 0.0444. The van der Waals surface area contributed by atoms with Gasteiger partial charge < -0.3 is 10.1 Å². The van der Waals surface area contributed by atoms with Gasteiger partial charge in [-0.05, 0) is 36.4 Å². The third-order valence-corrected chi connectivity index (χ3v) is 4.98. The Kier molecular flexibility index (Phi) is 6.74. The quantitative estimate of drug-likeness (QED) is 0.433. The molecule has 0 aliphatic rings. The van der Waals surface area contributed by atoms with E-state index in [-0.39, 0.29) is 5.91 Å². The molecule has 0 spiro atoms. The molecule has 0 saturated carbocycles. The molecule has 3 rings (SSSR count). The normalized spacial score (nSPS) is 10.5. The Morgan fingerprint density at radius 2 is 1.92 bits per heavy atom. The van der Waals surface area contributed by atoms with Crippen molar-refractivity contribution in [3.8, 4) is 11.4 Å². The summed E-state index contributed by atoms with van der Waals surface area (Å²) in [5.74, 6) is 1.06. The molecule has 1 aromatic heterocycles. The molecule has 0 aliphatic heterocycles. The van der Waals surface area contributed by atoms with Gasteiger partial charge in [0.25, 0.3) is 0 Å². The van der Waals surface area contributed by atoms with Crippen LogP contribution in [0.5, 0.6) is 5.75 Å². The Bertz CT molecular complexity index is 838. The topological polar surface area (TPSA) is 56.2 Å². The van der Waals surface area contributed by atoms with Gasteiger partial charge in [-0.15, -0.1) is 0 Å². The van der Waals surface area contributed by atoms with Crippen LogP contribution in [0.1, 0.15) is 0 Å². The highest BCUT2D eigenvalue weighted by molar-refractivity contribution is 9.10. The molecule has 0 atom stereocenters. The Morgan fingerprint density at radius 1 is 1.15 bits per heavy atom. The number of rotatable bonds is 8. The van der Waals surface area contributed by atoms with Gasteiger partial charge in [0.1, 0.15) is 12.4 Å². The van der Waals surface area contributed by atoms with Crippen molar-refractivity contribution in [2.24, 2.45) is 0 Å². The van der Waals surface area contributed by atoms with E-state index in [2.05, 4.69) is 26.2 Å². The molecule has 26 heavy (non-hydrogen) atoms. The highest BCUT2D eigenvalue weighted by atomic mass is 79.9. The van der Waals surface area contributed by atoms with Crippen molar-refractivity contribution in [2.75, 3.05) is 18.9 Å². The van der Waals surface area contributed by atoms with Crippen molar-refractivity contribution >= 4 is 33.6 Å². The summed E-state index contributed by atoms with van der Waals surface area (Å²) in [4.78, 5) is 16.3. The zero-order valence-corrected chi connectivity index (χ0v) is 16.4. The molecule has 3 aromatic rings. The molecule has 0 saturated heterocycles. The first-order chi connectivity index (χ1) is 12.7. The first kappa shape index (κ1) is 18.5. The summed E-state index contributed by atoms with van der Waals surface area (Å²) in [7, 11) is 0. The molecule has 0 unspecified atom stereocenters. The summed E-state index contributed by atoms with van der Waals surface area (Å²) in [5.41, 5.74) is 1.00. The van der Waals surface area contributed by atoms with Gasteiger partial charge in [0.05, 0.1) is 12.3 Å². The fourth-order valence-electron chi connectivity index (χ4n) is 2.25. The van der Waals surface area contributed by atoms with Gasteiger partial charge in [-0.3, -0.25) is 9.36 Å². The highest BCUT2D eigenvalue weighted by Crippen LogP contribution is 2.21. The number of nitrogens with zero attached hydrogens (tertiary/aromatic N) is 2. The van der Waals surface area contributed by atoms with Crippen molar-refractivity contribution in [3.63, 3.8) is 0 Å². The van der Waals surface area contributed by atoms with Gasteiger partial charge in [-0.1, -0.05) is 45.9 Å². The average molecular weight is 432 g/mol. The van der Waals surface area contributed by atoms with Crippen LogP contribution in [0.3, 0.4) is 0 Å². The smallest absolute Gasteiger partial charge is 0.230 e. The van der Waals surface area contributed by atoms with E-state index in [1.807, 2.05) is 65.4 Å². The predicted octanol–water partition coefficient (Wildman–Crippen LogP) is 3.92. The third-order valence-electron chi connectivity index (χ3n) is 3.48. The Labute approximate surface area is 164 Å². The number of aromatic nitrogens is 2. The van der Waals surface area contributed by atoms with Crippen LogP contribution in [-0.2, 0) is 4.79 Å². The number of halogens is 1. The summed E-state index contributed by atoms with van der Waals surface area (Å²) in [6, 6.07) is 17.5. The summed E-state index contributed by atoms with van der Waals surface area (Å²) < 4.78 is 8.53. The summed E-state index contributed by atoms with van der Waals surface area (Å²) >= 11 is 4.83. The number of ether oxygens (including phenoxy) is 1. The maximum Gasteiger partial charge on any atom is 0.230 e. The van der Waals surface area contributed by atoms with E-state index >= 15 is 0 Å². The summed E-state index contributed by atoms with van der Waals surface area (Å²) in [5, 5.41) is 3.63. The van der Waals surface area contributed by atoms with Crippen molar-refractivity contribution in [1.82, 2.24) is 14.9 Å². The van der Waals surface area contributed by atoms with Crippen LogP contribution in [-0.4, -0.2) is 34.4 Å². The number of benzene rings is 2. The second-order valence-corrected chi connectivity index (χ2v) is 7.21. The van der Waals surface area contributed by atoms with Gasteiger partial charge in [-0.25, -0.2) is 4.98 Å². The average Bonchev–Trinajstić information content (AvgIpc) is 3.14. The lowest BCUT2D eigenvalue weighted by Gasteiger charge is -2.09. The maximum absolute atomic E-state index is 12.0. The number of carbonyl (C=O) groups excluding carboxylic acids is 1. The molecule has 1 N–H and O–H groups in total. The Hall–Kier alpha value is -2.25.